The normalized spacial score (nSPS) is 33.0. The molecular weight excluding hydrogens is 244 g/mol. The maximum Gasteiger partial charge on any atom is 0.249 e. The molecular formula is C14H20N2O3. The third kappa shape index (κ3) is 2.08. The number of allylic oxidation sites excluding steroid dienone is 1. The van der Waals surface area contributed by atoms with Crippen LogP contribution in [0.25, 0.3) is 0 Å². The average molecular weight is 264 g/mol. The molecule has 5 nitrogen and oxygen atoms in total. The van der Waals surface area contributed by atoms with Crippen molar-refractivity contribution in [2.45, 2.75) is 51.8 Å². The topological polar surface area (TPSA) is 69.6 Å². The van der Waals surface area contributed by atoms with Gasteiger partial charge in [-0.05, 0) is 34.1 Å². The number of hydrogen-bond donors (Lipinski definition) is 2. The van der Waals surface area contributed by atoms with Crippen molar-refractivity contribution >= 4 is 11.7 Å². The Hall–Kier alpha value is -1.62. The van der Waals surface area contributed by atoms with Gasteiger partial charge < -0.3 is 15.3 Å². The molecule has 0 aromatic carbocycles. The van der Waals surface area contributed by atoms with Crippen LogP contribution in [0.2, 0.25) is 0 Å². The Morgan fingerprint density at radius 1 is 1.58 bits per heavy atom. The number of rotatable bonds is 2. The van der Waals surface area contributed by atoms with Crippen molar-refractivity contribution in [3.05, 3.63) is 23.5 Å². The highest BCUT2D eigenvalue weighted by Gasteiger charge is 2.56. The van der Waals surface area contributed by atoms with Crippen LogP contribution in [0, 0.1) is 0 Å². The predicted molar refractivity (Wildman–Crippen MR) is 71.0 cm³/mol. The Balaban J connectivity index is 2.25. The number of amides is 1. The maximum absolute atomic E-state index is 12.1. The SMILES string of the molecule is CC(C)=CC(=O)NC1=CC(=O)[C@]2(C)[C@H](O)C[C@H](C)N12. The third-order valence-corrected chi connectivity index (χ3v) is 3.85. The van der Waals surface area contributed by atoms with E-state index in [-0.39, 0.29) is 17.7 Å². The van der Waals surface area contributed by atoms with Gasteiger partial charge in [-0.25, -0.2) is 0 Å². The van der Waals surface area contributed by atoms with Crippen LogP contribution in [-0.4, -0.2) is 39.4 Å². The molecule has 3 atom stereocenters. The summed E-state index contributed by atoms with van der Waals surface area (Å²) in [4.78, 5) is 25.7. The average Bonchev–Trinajstić information content (AvgIpc) is 2.62. The van der Waals surface area contributed by atoms with Gasteiger partial charge in [0, 0.05) is 18.2 Å². The Bertz CT molecular complexity index is 491. The first-order valence-electron chi connectivity index (χ1n) is 6.46. The quantitative estimate of drug-likeness (QED) is 0.721. The fraction of sp³-hybridized carbons (Fsp3) is 0.571. The van der Waals surface area contributed by atoms with E-state index in [1.54, 1.807) is 6.92 Å². The molecule has 0 saturated carbocycles. The van der Waals surface area contributed by atoms with Crippen molar-refractivity contribution < 1.29 is 14.7 Å². The minimum absolute atomic E-state index is 0.0182. The molecule has 2 heterocycles. The van der Waals surface area contributed by atoms with Gasteiger partial charge in [0.25, 0.3) is 0 Å². The van der Waals surface area contributed by atoms with Gasteiger partial charge in [-0.1, -0.05) is 5.57 Å². The minimum Gasteiger partial charge on any atom is -0.390 e. The fourth-order valence-corrected chi connectivity index (χ4v) is 2.91. The van der Waals surface area contributed by atoms with Crippen molar-refractivity contribution in [1.82, 2.24) is 10.2 Å². The Morgan fingerprint density at radius 2 is 2.21 bits per heavy atom. The number of aliphatic hydroxyl groups is 1. The van der Waals surface area contributed by atoms with Crippen LogP contribution in [0.15, 0.2) is 23.5 Å². The summed E-state index contributed by atoms with van der Waals surface area (Å²) in [7, 11) is 0. The summed E-state index contributed by atoms with van der Waals surface area (Å²) in [5.41, 5.74) is -0.0489. The summed E-state index contributed by atoms with van der Waals surface area (Å²) in [5, 5.41) is 12.8. The largest absolute Gasteiger partial charge is 0.390 e. The van der Waals surface area contributed by atoms with E-state index in [1.807, 2.05) is 25.7 Å². The molecule has 0 radical (unpaired) electrons. The highest BCUT2D eigenvalue weighted by Crippen LogP contribution is 2.41. The molecule has 0 unspecified atom stereocenters. The third-order valence-electron chi connectivity index (χ3n) is 3.85. The summed E-state index contributed by atoms with van der Waals surface area (Å²) in [5.74, 6) is 0.0767. The molecule has 1 amide bonds. The predicted octanol–water partition coefficient (Wildman–Crippen LogP) is 0.707. The Labute approximate surface area is 113 Å². The molecule has 1 fully saturated rings. The summed E-state index contributed by atoms with van der Waals surface area (Å²) in [6.07, 6.45) is 2.72. The number of ketones is 1. The number of fused-ring (bicyclic) bond motifs is 1. The standard InChI is InChI=1S/C14H20N2O3/c1-8(2)5-13(19)15-12-7-11(18)14(4)10(17)6-9(3)16(12)14/h5,7,9-10,17H,6H2,1-4H3,(H,15,19)/t9-,10+,14-/m0/s1. The monoisotopic (exact) mass is 264 g/mol. The molecule has 0 bridgehead atoms. The zero-order valence-electron chi connectivity index (χ0n) is 11.7. The Kier molecular flexibility index (Phi) is 3.26. The molecule has 2 aliphatic heterocycles. The first-order valence-corrected chi connectivity index (χ1v) is 6.46. The molecule has 0 aromatic rings. The zero-order valence-corrected chi connectivity index (χ0v) is 11.7. The smallest absolute Gasteiger partial charge is 0.249 e. The van der Waals surface area contributed by atoms with E-state index >= 15 is 0 Å². The highest BCUT2D eigenvalue weighted by molar-refractivity contribution is 6.03. The van der Waals surface area contributed by atoms with E-state index < -0.39 is 11.6 Å². The van der Waals surface area contributed by atoms with Gasteiger partial charge in [0.1, 0.15) is 11.4 Å². The molecule has 1 saturated heterocycles. The lowest BCUT2D eigenvalue weighted by molar-refractivity contribution is -0.125. The molecule has 0 spiro atoms. The fourth-order valence-electron chi connectivity index (χ4n) is 2.91. The molecule has 5 heteroatoms. The highest BCUT2D eigenvalue weighted by atomic mass is 16.3. The second kappa shape index (κ2) is 4.49. The minimum atomic E-state index is -0.937. The van der Waals surface area contributed by atoms with Crippen LogP contribution in [-0.2, 0) is 9.59 Å². The lowest BCUT2D eigenvalue weighted by Crippen LogP contribution is -2.51. The van der Waals surface area contributed by atoms with Gasteiger partial charge in [0.05, 0.1) is 6.10 Å². The molecule has 2 N–H and O–H groups in total. The first kappa shape index (κ1) is 13.8. The number of aliphatic hydroxyl groups excluding tert-OH is 1. The molecule has 19 heavy (non-hydrogen) atoms. The molecule has 0 aliphatic carbocycles. The van der Waals surface area contributed by atoms with Gasteiger partial charge in [-0.3, -0.25) is 9.59 Å². The summed E-state index contributed by atoms with van der Waals surface area (Å²) < 4.78 is 0. The van der Waals surface area contributed by atoms with E-state index in [1.165, 1.54) is 12.2 Å². The van der Waals surface area contributed by atoms with Crippen molar-refractivity contribution in [1.29, 1.82) is 0 Å². The van der Waals surface area contributed by atoms with Crippen LogP contribution >= 0.6 is 0 Å². The number of carbonyl (C=O) groups excluding carboxylic acids is 2. The van der Waals surface area contributed by atoms with E-state index in [0.717, 1.165) is 5.57 Å². The van der Waals surface area contributed by atoms with E-state index in [9.17, 15) is 14.7 Å². The lowest BCUT2D eigenvalue weighted by atomic mass is 9.93. The van der Waals surface area contributed by atoms with Gasteiger partial charge in [-0.15, -0.1) is 0 Å². The number of carbonyl (C=O) groups is 2. The van der Waals surface area contributed by atoms with Gasteiger partial charge in [0.2, 0.25) is 5.91 Å². The lowest BCUT2D eigenvalue weighted by Gasteiger charge is -2.34. The molecule has 2 rings (SSSR count). The summed E-state index contributed by atoms with van der Waals surface area (Å²) >= 11 is 0. The van der Waals surface area contributed by atoms with Crippen LogP contribution in [0.1, 0.15) is 34.1 Å². The van der Waals surface area contributed by atoms with Gasteiger partial charge in [0.15, 0.2) is 5.78 Å². The van der Waals surface area contributed by atoms with Gasteiger partial charge >= 0.3 is 0 Å². The van der Waals surface area contributed by atoms with E-state index in [4.69, 9.17) is 0 Å². The van der Waals surface area contributed by atoms with Crippen LogP contribution in [0.4, 0.5) is 0 Å². The zero-order chi connectivity index (χ0) is 14.4. The number of nitrogens with zero attached hydrogens (tertiary/aromatic N) is 1. The van der Waals surface area contributed by atoms with E-state index in [0.29, 0.717) is 12.2 Å². The van der Waals surface area contributed by atoms with Crippen molar-refractivity contribution in [2.24, 2.45) is 0 Å². The van der Waals surface area contributed by atoms with Gasteiger partial charge in [-0.2, -0.15) is 0 Å². The van der Waals surface area contributed by atoms with Crippen LogP contribution < -0.4 is 5.32 Å². The summed E-state index contributed by atoms with van der Waals surface area (Å²) in [6, 6.07) is 0.0182. The molecule has 104 valence electrons. The van der Waals surface area contributed by atoms with Crippen LogP contribution in [0.5, 0.6) is 0 Å². The first-order chi connectivity index (χ1) is 8.76. The second-order valence-electron chi connectivity index (χ2n) is 5.72. The van der Waals surface area contributed by atoms with Crippen molar-refractivity contribution in [3.63, 3.8) is 0 Å². The molecule has 0 aromatic heterocycles. The van der Waals surface area contributed by atoms with E-state index in [2.05, 4.69) is 5.32 Å². The van der Waals surface area contributed by atoms with Crippen molar-refractivity contribution in [2.75, 3.05) is 0 Å². The van der Waals surface area contributed by atoms with Crippen LogP contribution in [0.3, 0.4) is 0 Å². The summed E-state index contributed by atoms with van der Waals surface area (Å²) in [6.45, 7) is 7.33. The Morgan fingerprint density at radius 3 is 2.79 bits per heavy atom. The van der Waals surface area contributed by atoms with Crippen molar-refractivity contribution in [3.8, 4) is 0 Å². The second-order valence-corrected chi connectivity index (χ2v) is 5.72. The molecule has 2 aliphatic rings. The number of hydrogen-bond acceptors (Lipinski definition) is 4. The number of nitrogens with one attached hydrogen (secondary N) is 1. The maximum atomic E-state index is 12.1.